The van der Waals surface area contributed by atoms with Crippen molar-refractivity contribution in [1.29, 1.82) is 0 Å². The lowest BCUT2D eigenvalue weighted by Gasteiger charge is -2.29. The third-order valence-electron chi connectivity index (χ3n) is 3.50. The molecule has 0 aliphatic carbocycles. The highest BCUT2D eigenvalue weighted by molar-refractivity contribution is 5.86. The fraction of sp³-hybridized carbons (Fsp3) is 0.235. The van der Waals surface area contributed by atoms with Gasteiger partial charge in [0.25, 0.3) is 0 Å². The third-order valence-corrected chi connectivity index (χ3v) is 3.50. The summed E-state index contributed by atoms with van der Waals surface area (Å²) in [7, 11) is 1.69. The van der Waals surface area contributed by atoms with E-state index in [1.54, 1.807) is 31.0 Å². The second-order valence-corrected chi connectivity index (χ2v) is 5.36. The Balaban J connectivity index is 2.13. The van der Waals surface area contributed by atoms with Crippen molar-refractivity contribution in [2.45, 2.75) is 19.0 Å². The summed E-state index contributed by atoms with van der Waals surface area (Å²) in [6, 6.07) is 15.4. The third kappa shape index (κ3) is 3.47. The number of hydrogen-bond donors (Lipinski definition) is 1. The van der Waals surface area contributed by atoms with Crippen LogP contribution in [-0.2, 0) is 16.9 Å². The van der Waals surface area contributed by atoms with Crippen LogP contribution in [0, 0.1) is 5.82 Å². The molecule has 1 unspecified atom stereocenters. The average molecular weight is 286 g/mol. The largest absolute Gasteiger partial charge is 0.340 e. The van der Waals surface area contributed by atoms with Crippen molar-refractivity contribution in [3.8, 4) is 0 Å². The fourth-order valence-electron chi connectivity index (χ4n) is 2.24. The summed E-state index contributed by atoms with van der Waals surface area (Å²) >= 11 is 0. The Bertz CT molecular complexity index is 608. The van der Waals surface area contributed by atoms with Crippen molar-refractivity contribution in [1.82, 2.24) is 4.90 Å². The first-order chi connectivity index (χ1) is 9.91. The zero-order valence-electron chi connectivity index (χ0n) is 12.2. The van der Waals surface area contributed by atoms with Crippen LogP contribution in [0.1, 0.15) is 18.1 Å². The van der Waals surface area contributed by atoms with Crippen LogP contribution in [0.2, 0.25) is 0 Å². The molecule has 110 valence electrons. The first-order valence-corrected chi connectivity index (χ1v) is 6.75. The Morgan fingerprint density at radius 3 is 2.29 bits per heavy atom. The number of hydrogen-bond acceptors (Lipinski definition) is 2. The van der Waals surface area contributed by atoms with E-state index in [9.17, 15) is 9.18 Å². The zero-order valence-corrected chi connectivity index (χ0v) is 12.2. The molecule has 2 rings (SSSR count). The summed E-state index contributed by atoms with van der Waals surface area (Å²) in [5.41, 5.74) is 6.74. The van der Waals surface area contributed by atoms with E-state index in [1.807, 2.05) is 30.3 Å². The van der Waals surface area contributed by atoms with Crippen molar-refractivity contribution in [3.63, 3.8) is 0 Å². The number of carbonyl (C=O) groups is 1. The molecule has 1 atom stereocenters. The van der Waals surface area contributed by atoms with E-state index in [0.29, 0.717) is 6.54 Å². The van der Waals surface area contributed by atoms with Crippen LogP contribution in [0.4, 0.5) is 4.39 Å². The van der Waals surface area contributed by atoms with Crippen molar-refractivity contribution in [2.24, 2.45) is 5.73 Å². The molecule has 4 heteroatoms. The van der Waals surface area contributed by atoms with Gasteiger partial charge in [-0.25, -0.2) is 4.39 Å². The number of carbonyl (C=O) groups excluding carboxylic acids is 1. The second kappa shape index (κ2) is 6.06. The number of nitrogens with two attached hydrogens (primary N) is 1. The molecule has 0 radical (unpaired) electrons. The predicted molar refractivity (Wildman–Crippen MR) is 80.9 cm³/mol. The molecule has 0 aliphatic heterocycles. The predicted octanol–water partition coefficient (Wildman–Crippen LogP) is 2.66. The summed E-state index contributed by atoms with van der Waals surface area (Å²) < 4.78 is 12.9. The van der Waals surface area contributed by atoms with Gasteiger partial charge in [0.2, 0.25) is 5.91 Å². The van der Waals surface area contributed by atoms with Crippen LogP contribution >= 0.6 is 0 Å². The topological polar surface area (TPSA) is 46.3 Å². The van der Waals surface area contributed by atoms with Crippen molar-refractivity contribution >= 4 is 5.91 Å². The molecular formula is C17H19FN2O. The van der Waals surface area contributed by atoms with E-state index < -0.39 is 5.54 Å². The second-order valence-electron chi connectivity index (χ2n) is 5.36. The van der Waals surface area contributed by atoms with E-state index >= 15 is 0 Å². The van der Waals surface area contributed by atoms with Crippen molar-refractivity contribution < 1.29 is 9.18 Å². The van der Waals surface area contributed by atoms with Crippen LogP contribution in [0.3, 0.4) is 0 Å². The number of halogens is 1. The number of amides is 1. The summed E-state index contributed by atoms with van der Waals surface area (Å²) in [5, 5.41) is 0. The molecule has 0 spiro atoms. The molecule has 0 bridgehead atoms. The number of nitrogens with zero attached hydrogens (tertiary/aromatic N) is 1. The Morgan fingerprint density at radius 1 is 1.14 bits per heavy atom. The highest BCUT2D eigenvalue weighted by Crippen LogP contribution is 2.20. The number of benzene rings is 2. The molecular weight excluding hydrogens is 267 g/mol. The smallest absolute Gasteiger partial charge is 0.247 e. The van der Waals surface area contributed by atoms with Crippen LogP contribution in [-0.4, -0.2) is 17.9 Å². The molecule has 0 saturated carbocycles. The van der Waals surface area contributed by atoms with Crippen LogP contribution < -0.4 is 5.73 Å². The molecule has 0 aliphatic rings. The van der Waals surface area contributed by atoms with E-state index in [2.05, 4.69) is 0 Å². The molecule has 0 fully saturated rings. The molecule has 0 heterocycles. The van der Waals surface area contributed by atoms with Gasteiger partial charge < -0.3 is 10.6 Å². The molecule has 2 aromatic carbocycles. The van der Waals surface area contributed by atoms with Gasteiger partial charge in [-0.3, -0.25) is 4.79 Å². The SMILES string of the molecule is CN(Cc1ccc(F)cc1)C(=O)C(C)(N)c1ccccc1. The van der Waals surface area contributed by atoms with E-state index in [0.717, 1.165) is 11.1 Å². The molecule has 1 amide bonds. The Morgan fingerprint density at radius 2 is 1.71 bits per heavy atom. The minimum Gasteiger partial charge on any atom is -0.340 e. The molecule has 0 saturated heterocycles. The maximum absolute atomic E-state index is 12.9. The molecule has 3 nitrogen and oxygen atoms in total. The van der Waals surface area contributed by atoms with E-state index in [-0.39, 0.29) is 11.7 Å². The summed E-state index contributed by atoms with van der Waals surface area (Å²) in [6.07, 6.45) is 0. The lowest BCUT2D eigenvalue weighted by Crippen LogP contribution is -2.49. The average Bonchev–Trinajstić information content (AvgIpc) is 2.49. The first kappa shape index (κ1) is 15.2. The Labute approximate surface area is 124 Å². The first-order valence-electron chi connectivity index (χ1n) is 6.75. The summed E-state index contributed by atoms with van der Waals surface area (Å²) in [6.45, 7) is 2.09. The maximum atomic E-state index is 12.9. The van der Waals surface area contributed by atoms with Gasteiger partial charge in [0.05, 0.1) is 0 Å². The highest BCUT2D eigenvalue weighted by Gasteiger charge is 2.32. The Kier molecular flexibility index (Phi) is 4.38. The molecule has 0 aromatic heterocycles. The maximum Gasteiger partial charge on any atom is 0.247 e. The van der Waals surface area contributed by atoms with Gasteiger partial charge in [0.1, 0.15) is 11.4 Å². The van der Waals surface area contributed by atoms with E-state index in [4.69, 9.17) is 5.73 Å². The summed E-state index contributed by atoms with van der Waals surface area (Å²) in [4.78, 5) is 14.1. The van der Waals surface area contributed by atoms with Gasteiger partial charge in [-0.05, 0) is 30.2 Å². The number of rotatable bonds is 4. The van der Waals surface area contributed by atoms with Crippen molar-refractivity contribution in [3.05, 3.63) is 71.5 Å². The van der Waals surface area contributed by atoms with Gasteiger partial charge in [0, 0.05) is 13.6 Å². The molecule has 21 heavy (non-hydrogen) atoms. The molecule has 2 N–H and O–H groups in total. The van der Waals surface area contributed by atoms with Crippen LogP contribution in [0.5, 0.6) is 0 Å². The van der Waals surface area contributed by atoms with Crippen LogP contribution in [0.25, 0.3) is 0 Å². The van der Waals surface area contributed by atoms with Gasteiger partial charge >= 0.3 is 0 Å². The summed E-state index contributed by atoms with van der Waals surface area (Å²) in [5.74, 6) is -0.473. The standard InChI is InChI=1S/C17H19FN2O/c1-17(19,14-6-4-3-5-7-14)16(21)20(2)12-13-8-10-15(18)11-9-13/h3-11H,12,19H2,1-2H3. The lowest BCUT2D eigenvalue weighted by atomic mass is 9.91. The quantitative estimate of drug-likeness (QED) is 0.939. The van der Waals surface area contributed by atoms with Crippen LogP contribution in [0.15, 0.2) is 54.6 Å². The molecule has 2 aromatic rings. The van der Waals surface area contributed by atoms with Gasteiger partial charge in [-0.1, -0.05) is 42.5 Å². The fourth-order valence-corrected chi connectivity index (χ4v) is 2.24. The zero-order chi connectivity index (χ0) is 15.5. The van der Waals surface area contributed by atoms with E-state index in [1.165, 1.54) is 12.1 Å². The highest BCUT2D eigenvalue weighted by atomic mass is 19.1. The van der Waals surface area contributed by atoms with Crippen molar-refractivity contribution in [2.75, 3.05) is 7.05 Å². The minimum absolute atomic E-state index is 0.182. The van der Waals surface area contributed by atoms with Gasteiger partial charge in [-0.15, -0.1) is 0 Å². The normalized spacial score (nSPS) is 13.5. The van der Waals surface area contributed by atoms with Gasteiger partial charge in [-0.2, -0.15) is 0 Å². The minimum atomic E-state index is -1.09. The van der Waals surface area contributed by atoms with Gasteiger partial charge in [0.15, 0.2) is 0 Å². The Hall–Kier alpha value is -2.20. The monoisotopic (exact) mass is 286 g/mol. The number of likely N-dealkylation sites (N-methyl/N-ethyl adjacent to an activating group) is 1. The lowest BCUT2D eigenvalue weighted by molar-refractivity contribution is -0.136.